The molecule has 0 atom stereocenters. The first-order chi connectivity index (χ1) is 28.4. The maximum atomic E-state index is 13.2. The van der Waals surface area contributed by atoms with E-state index in [9.17, 15) is 10.1 Å². The molecule has 0 heterocycles. The molecule has 5 heteroatoms. The van der Waals surface area contributed by atoms with Crippen LogP contribution < -0.4 is 9.80 Å². The van der Waals surface area contributed by atoms with E-state index in [4.69, 9.17) is 0 Å². The van der Waals surface area contributed by atoms with E-state index in [-0.39, 0.29) is 16.0 Å². The topological polar surface area (TPSA) is 49.6 Å². The van der Waals surface area contributed by atoms with Crippen molar-refractivity contribution in [1.29, 1.82) is 0 Å². The van der Waals surface area contributed by atoms with Crippen LogP contribution in [-0.4, -0.2) is 4.92 Å². The van der Waals surface area contributed by atoms with E-state index >= 15 is 0 Å². The zero-order valence-corrected chi connectivity index (χ0v) is 32.2. The average molecular weight is 750 g/mol. The van der Waals surface area contributed by atoms with Gasteiger partial charge in [-0.3, -0.25) is 10.1 Å². The third-order valence-electron chi connectivity index (χ3n) is 11.7. The molecule has 10 rings (SSSR count). The molecule has 0 bridgehead atoms. The number of nitro benzene ring substituents is 1. The Balaban J connectivity index is 1.12. The van der Waals surface area contributed by atoms with E-state index in [1.54, 1.807) is 6.07 Å². The van der Waals surface area contributed by atoms with Gasteiger partial charge in [-0.05, 0) is 111 Å². The van der Waals surface area contributed by atoms with Gasteiger partial charge in [0.1, 0.15) is 0 Å². The van der Waals surface area contributed by atoms with Crippen molar-refractivity contribution in [2.45, 2.75) is 19.3 Å². The highest BCUT2D eigenvalue weighted by atomic mass is 16.6. The zero-order valence-electron chi connectivity index (χ0n) is 32.2. The predicted molar refractivity (Wildman–Crippen MR) is 240 cm³/mol. The molecule has 0 aliphatic heterocycles. The minimum Gasteiger partial charge on any atom is -0.310 e. The van der Waals surface area contributed by atoms with Crippen LogP contribution in [0.25, 0.3) is 43.8 Å². The van der Waals surface area contributed by atoms with Crippen molar-refractivity contribution < 1.29 is 4.92 Å². The molecular formula is C53H39N3O2. The lowest BCUT2D eigenvalue weighted by Gasteiger charge is -2.28. The summed E-state index contributed by atoms with van der Waals surface area (Å²) < 4.78 is 0. The van der Waals surface area contributed by atoms with Gasteiger partial charge in [0.15, 0.2) is 0 Å². The summed E-state index contributed by atoms with van der Waals surface area (Å²) in [5.41, 5.74) is 11.8. The molecule has 0 spiro atoms. The van der Waals surface area contributed by atoms with E-state index in [1.165, 1.54) is 27.6 Å². The Morgan fingerprint density at radius 1 is 0.414 bits per heavy atom. The van der Waals surface area contributed by atoms with Gasteiger partial charge in [-0.25, -0.2) is 0 Å². The summed E-state index contributed by atoms with van der Waals surface area (Å²) in [6.07, 6.45) is 0. The van der Waals surface area contributed by atoms with Crippen molar-refractivity contribution in [2.75, 3.05) is 9.80 Å². The summed E-state index contributed by atoms with van der Waals surface area (Å²) in [6, 6.07) is 68.5. The second kappa shape index (κ2) is 13.9. The summed E-state index contributed by atoms with van der Waals surface area (Å²) >= 11 is 0. The second-order valence-electron chi connectivity index (χ2n) is 15.4. The largest absolute Gasteiger partial charge is 0.310 e. The van der Waals surface area contributed by atoms with Gasteiger partial charge in [0.25, 0.3) is 5.69 Å². The number of benzene rings is 9. The molecule has 0 fully saturated rings. The molecule has 1 aliphatic rings. The fourth-order valence-corrected chi connectivity index (χ4v) is 8.93. The highest BCUT2D eigenvalue weighted by molar-refractivity contribution is 6.08. The minimum atomic E-state index is -0.251. The third kappa shape index (κ3) is 5.79. The number of fused-ring (bicyclic) bond motifs is 5. The quantitative estimate of drug-likeness (QED) is 0.115. The molecule has 58 heavy (non-hydrogen) atoms. The van der Waals surface area contributed by atoms with Crippen molar-refractivity contribution in [1.82, 2.24) is 0 Å². The Morgan fingerprint density at radius 2 is 0.948 bits per heavy atom. The van der Waals surface area contributed by atoms with Crippen LogP contribution in [-0.2, 0) is 5.41 Å². The van der Waals surface area contributed by atoms with Gasteiger partial charge in [-0.15, -0.1) is 0 Å². The zero-order chi connectivity index (χ0) is 39.4. The van der Waals surface area contributed by atoms with Crippen molar-refractivity contribution in [3.05, 3.63) is 221 Å². The molecule has 0 aromatic heterocycles. The van der Waals surface area contributed by atoms with Crippen LogP contribution >= 0.6 is 0 Å². The standard InChI is InChI=1S/C53H39N3O2/c1-53(2)49-24-14-13-22-45(49)46-29-27-41(34-50(46)53)54(38-17-5-3-6-18-38)42-28-30-48(52(35-42)56(57)58)44-31-32-51(47-23-12-11-21-43(44)47)55(39-19-7-4-8-20-39)40-26-25-36-15-9-10-16-37(36)33-40/h3-35H,1-2H3. The van der Waals surface area contributed by atoms with E-state index in [1.807, 2.05) is 78.9 Å². The number of para-hydroxylation sites is 2. The molecule has 5 nitrogen and oxygen atoms in total. The van der Waals surface area contributed by atoms with Crippen LogP contribution in [0.15, 0.2) is 200 Å². The van der Waals surface area contributed by atoms with Crippen LogP contribution in [0.4, 0.5) is 39.8 Å². The lowest BCUT2D eigenvalue weighted by molar-refractivity contribution is -0.384. The van der Waals surface area contributed by atoms with Crippen LogP contribution in [0.5, 0.6) is 0 Å². The van der Waals surface area contributed by atoms with Gasteiger partial charge in [0.05, 0.1) is 21.9 Å². The van der Waals surface area contributed by atoms with E-state index in [0.717, 1.165) is 50.2 Å². The lowest BCUT2D eigenvalue weighted by Crippen LogP contribution is -2.16. The summed E-state index contributed by atoms with van der Waals surface area (Å²) in [6.45, 7) is 4.54. The Hall–Kier alpha value is -7.50. The fraction of sp³-hybridized carbons (Fsp3) is 0.0566. The van der Waals surface area contributed by atoms with E-state index in [0.29, 0.717) is 11.3 Å². The second-order valence-corrected chi connectivity index (χ2v) is 15.4. The van der Waals surface area contributed by atoms with E-state index in [2.05, 4.69) is 139 Å². The van der Waals surface area contributed by atoms with Crippen LogP contribution in [0.3, 0.4) is 0 Å². The van der Waals surface area contributed by atoms with Crippen LogP contribution in [0.1, 0.15) is 25.0 Å². The fourth-order valence-electron chi connectivity index (χ4n) is 8.93. The SMILES string of the molecule is CC1(C)c2ccccc2-c2ccc(N(c3ccccc3)c3ccc(-c4ccc(N(c5ccccc5)c5ccc6ccccc6c5)c5ccccc45)c([N+](=O)[O-])c3)cc21. The van der Waals surface area contributed by atoms with Crippen molar-refractivity contribution in [2.24, 2.45) is 0 Å². The Bertz CT molecular complexity index is 3030. The number of nitrogens with zero attached hydrogens (tertiary/aromatic N) is 3. The summed E-state index contributed by atoms with van der Waals surface area (Å²) in [5.74, 6) is 0. The first-order valence-electron chi connectivity index (χ1n) is 19.6. The van der Waals surface area contributed by atoms with Gasteiger partial charge >= 0.3 is 0 Å². The minimum absolute atomic E-state index is 0.0414. The number of anilines is 6. The van der Waals surface area contributed by atoms with Crippen LogP contribution in [0.2, 0.25) is 0 Å². The maximum Gasteiger partial charge on any atom is 0.279 e. The average Bonchev–Trinajstić information content (AvgIpc) is 3.50. The molecule has 0 unspecified atom stereocenters. The molecule has 0 saturated heterocycles. The molecule has 1 aliphatic carbocycles. The summed E-state index contributed by atoms with van der Waals surface area (Å²) in [5, 5.41) is 17.4. The van der Waals surface area contributed by atoms with Crippen LogP contribution in [0, 0.1) is 10.1 Å². The van der Waals surface area contributed by atoms with Gasteiger partial charge in [0.2, 0.25) is 0 Å². The molecule has 0 N–H and O–H groups in total. The van der Waals surface area contributed by atoms with E-state index < -0.39 is 0 Å². The van der Waals surface area contributed by atoms with Gasteiger partial charge < -0.3 is 9.80 Å². The molecule has 0 radical (unpaired) electrons. The van der Waals surface area contributed by atoms with Gasteiger partial charge in [-0.2, -0.15) is 0 Å². The Kier molecular flexibility index (Phi) is 8.38. The molecule has 9 aromatic carbocycles. The normalized spacial score (nSPS) is 12.6. The molecule has 9 aromatic rings. The Labute approximate surface area is 337 Å². The summed E-state index contributed by atoms with van der Waals surface area (Å²) in [7, 11) is 0. The molecular weight excluding hydrogens is 711 g/mol. The molecule has 0 amide bonds. The monoisotopic (exact) mass is 749 g/mol. The third-order valence-corrected chi connectivity index (χ3v) is 11.7. The smallest absolute Gasteiger partial charge is 0.279 e. The first-order valence-corrected chi connectivity index (χ1v) is 19.6. The van der Waals surface area contributed by atoms with Crippen molar-refractivity contribution >= 4 is 61.4 Å². The summed E-state index contributed by atoms with van der Waals surface area (Å²) in [4.78, 5) is 17.3. The number of hydrogen-bond donors (Lipinski definition) is 0. The maximum absolute atomic E-state index is 13.2. The molecule has 278 valence electrons. The van der Waals surface area contributed by atoms with Gasteiger partial charge in [0, 0.05) is 39.6 Å². The first kappa shape index (κ1) is 35.0. The van der Waals surface area contributed by atoms with Crippen molar-refractivity contribution in [3.63, 3.8) is 0 Å². The number of hydrogen-bond acceptors (Lipinski definition) is 4. The Morgan fingerprint density at radius 3 is 1.69 bits per heavy atom. The predicted octanol–water partition coefficient (Wildman–Crippen LogP) is 14.8. The van der Waals surface area contributed by atoms with Crippen molar-refractivity contribution in [3.8, 4) is 22.3 Å². The number of rotatable bonds is 8. The van der Waals surface area contributed by atoms with Gasteiger partial charge in [-0.1, -0.05) is 141 Å². The molecule has 0 saturated carbocycles. The highest BCUT2D eigenvalue weighted by Crippen LogP contribution is 2.51. The lowest BCUT2D eigenvalue weighted by atomic mass is 9.82. The number of nitro groups is 1. The highest BCUT2D eigenvalue weighted by Gasteiger charge is 2.36.